The Kier molecular flexibility index (Phi) is 5.68. The first-order chi connectivity index (χ1) is 11.5. The average Bonchev–Trinajstić information content (AvgIpc) is 3.02. The number of nitrogens with zero attached hydrogens (tertiary/aromatic N) is 2. The van der Waals surface area contributed by atoms with E-state index in [2.05, 4.69) is 20.8 Å². The van der Waals surface area contributed by atoms with Gasteiger partial charge in [0.05, 0.1) is 13.1 Å². The normalized spacial score (nSPS) is 11.7. The number of benzene rings is 1. The first-order valence-corrected chi connectivity index (χ1v) is 7.04. The lowest BCUT2D eigenvalue weighted by Gasteiger charge is -2.14. The molecule has 0 radical (unpaired) electrons. The van der Waals surface area contributed by atoms with Gasteiger partial charge in [-0.3, -0.25) is 0 Å². The van der Waals surface area contributed by atoms with E-state index in [0.29, 0.717) is 11.4 Å². The molecule has 0 aliphatic carbocycles. The Morgan fingerprint density at radius 2 is 2.00 bits per heavy atom. The average molecular weight is 335 g/mol. The largest absolute Gasteiger partial charge is 0.508 e. The maximum atomic E-state index is 11.8. The number of hydrogen-bond acceptors (Lipinski definition) is 7. The number of carboxylic acids is 1. The van der Waals surface area contributed by atoms with Gasteiger partial charge in [-0.2, -0.15) is 4.98 Å². The third-order valence-electron chi connectivity index (χ3n) is 3.07. The zero-order chi connectivity index (χ0) is 17.5. The molecule has 0 saturated heterocycles. The Bertz CT molecular complexity index is 700. The summed E-state index contributed by atoms with van der Waals surface area (Å²) >= 11 is 0. The van der Waals surface area contributed by atoms with Crippen molar-refractivity contribution in [2.45, 2.75) is 25.6 Å². The molecular weight excluding hydrogens is 318 g/mol. The fourth-order valence-corrected chi connectivity index (χ4v) is 1.88. The highest BCUT2D eigenvalue weighted by atomic mass is 16.5. The molecule has 0 fully saturated rings. The number of nitrogens with one attached hydrogen (secondary N) is 2. The van der Waals surface area contributed by atoms with E-state index in [1.807, 2.05) is 0 Å². The molecule has 0 spiro atoms. The van der Waals surface area contributed by atoms with E-state index in [4.69, 9.17) is 10.3 Å². The lowest BCUT2D eigenvalue weighted by Crippen LogP contribution is -2.46. The molecule has 1 unspecified atom stereocenters. The van der Waals surface area contributed by atoms with Crippen LogP contribution in [-0.4, -0.2) is 38.4 Å². The van der Waals surface area contributed by atoms with E-state index in [1.54, 1.807) is 12.1 Å². The fourth-order valence-electron chi connectivity index (χ4n) is 1.88. The van der Waals surface area contributed by atoms with Crippen molar-refractivity contribution in [1.82, 2.24) is 20.8 Å². The minimum absolute atomic E-state index is 0.0512. The number of carboxylic acid groups (broad SMARTS) is 1. The molecule has 1 aromatic heterocycles. The smallest absolute Gasteiger partial charge is 0.326 e. The highest BCUT2D eigenvalue weighted by molar-refractivity contribution is 5.82. The molecular formula is C14H17N5O5. The van der Waals surface area contributed by atoms with E-state index >= 15 is 0 Å². The second kappa shape index (κ2) is 7.92. The number of aliphatic carboxylic acids is 1. The van der Waals surface area contributed by atoms with Crippen LogP contribution in [0.25, 0.3) is 0 Å². The summed E-state index contributed by atoms with van der Waals surface area (Å²) in [4.78, 5) is 27.0. The Morgan fingerprint density at radius 3 is 2.58 bits per heavy atom. The number of urea groups is 1. The maximum absolute atomic E-state index is 11.8. The van der Waals surface area contributed by atoms with E-state index in [-0.39, 0.29) is 31.2 Å². The number of rotatable bonds is 7. The summed E-state index contributed by atoms with van der Waals surface area (Å²) in [6.07, 6.45) is 0.0703. The Balaban J connectivity index is 1.88. The summed E-state index contributed by atoms with van der Waals surface area (Å²) in [5.74, 6) is -0.631. The maximum Gasteiger partial charge on any atom is 0.326 e. The molecule has 1 atom stereocenters. The molecule has 2 aromatic rings. The van der Waals surface area contributed by atoms with Crippen LogP contribution in [0.1, 0.15) is 17.3 Å². The highest BCUT2D eigenvalue weighted by Crippen LogP contribution is 2.11. The predicted molar refractivity (Wildman–Crippen MR) is 80.8 cm³/mol. The van der Waals surface area contributed by atoms with Crippen molar-refractivity contribution >= 4 is 12.0 Å². The Morgan fingerprint density at radius 1 is 1.29 bits per heavy atom. The van der Waals surface area contributed by atoms with Gasteiger partial charge in [0, 0.05) is 6.42 Å². The van der Waals surface area contributed by atoms with Gasteiger partial charge in [0.2, 0.25) is 5.89 Å². The number of carbonyl (C=O) groups excluding carboxylic acids is 1. The van der Waals surface area contributed by atoms with Crippen molar-refractivity contribution in [3.8, 4) is 5.75 Å². The zero-order valence-corrected chi connectivity index (χ0v) is 12.6. The molecule has 128 valence electrons. The second-order valence-electron chi connectivity index (χ2n) is 4.90. The number of amides is 2. The minimum Gasteiger partial charge on any atom is -0.508 e. The van der Waals surface area contributed by atoms with Gasteiger partial charge in [-0.1, -0.05) is 17.3 Å². The first kappa shape index (κ1) is 17.2. The summed E-state index contributed by atoms with van der Waals surface area (Å²) in [7, 11) is 0. The molecule has 24 heavy (non-hydrogen) atoms. The van der Waals surface area contributed by atoms with Crippen LogP contribution >= 0.6 is 0 Å². The van der Waals surface area contributed by atoms with Gasteiger partial charge in [-0.25, -0.2) is 9.59 Å². The number of phenolic OH excluding ortho intramolecular Hbond substituents is 1. The first-order valence-electron chi connectivity index (χ1n) is 7.04. The number of aromatic nitrogens is 2. The number of aromatic hydroxyl groups is 1. The standard InChI is InChI=1S/C14H17N5O5/c15-6-11-18-12(24-19-11)7-16-14(23)17-10(13(21)22)5-8-1-3-9(20)4-2-8/h1-4,10,20H,5-7,15H2,(H,21,22)(H2,16,17,23). The summed E-state index contributed by atoms with van der Waals surface area (Å²) in [5, 5.41) is 26.8. The van der Waals surface area contributed by atoms with E-state index in [0.717, 1.165) is 0 Å². The zero-order valence-electron chi connectivity index (χ0n) is 12.6. The number of carbonyl (C=O) groups is 2. The van der Waals surface area contributed by atoms with Crippen LogP contribution < -0.4 is 16.4 Å². The molecule has 6 N–H and O–H groups in total. The molecule has 10 nitrogen and oxygen atoms in total. The lowest BCUT2D eigenvalue weighted by molar-refractivity contribution is -0.139. The summed E-state index contributed by atoms with van der Waals surface area (Å²) in [6, 6.07) is 4.23. The molecule has 0 bridgehead atoms. The molecule has 2 amide bonds. The number of hydrogen-bond donors (Lipinski definition) is 5. The number of phenols is 1. The third-order valence-corrected chi connectivity index (χ3v) is 3.07. The van der Waals surface area contributed by atoms with E-state index in [1.165, 1.54) is 12.1 Å². The lowest BCUT2D eigenvalue weighted by atomic mass is 10.1. The fraction of sp³-hybridized carbons (Fsp3) is 0.286. The topological polar surface area (TPSA) is 164 Å². The van der Waals surface area contributed by atoms with Gasteiger partial charge in [0.1, 0.15) is 11.8 Å². The van der Waals surface area contributed by atoms with Crippen molar-refractivity contribution in [2.24, 2.45) is 5.73 Å². The minimum atomic E-state index is -1.18. The molecule has 0 saturated carbocycles. The number of nitrogens with two attached hydrogens (primary N) is 1. The van der Waals surface area contributed by atoms with Crippen molar-refractivity contribution < 1.29 is 24.3 Å². The van der Waals surface area contributed by atoms with Gasteiger partial charge in [0.25, 0.3) is 0 Å². The third kappa shape index (κ3) is 4.95. The van der Waals surface area contributed by atoms with E-state index < -0.39 is 18.0 Å². The SMILES string of the molecule is NCc1noc(CNC(=O)NC(Cc2ccc(O)cc2)C(=O)O)n1. The van der Waals surface area contributed by atoms with Gasteiger partial charge < -0.3 is 31.1 Å². The Hall–Kier alpha value is -3.14. The quantitative estimate of drug-likeness (QED) is 0.461. The van der Waals surface area contributed by atoms with Crippen LogP contribution in [-0.2, 0) is 24.3 Å². The van der Waals surface area contributed by atoms with E-state index in [9.17, 15) is 19.8 Å². The Labute approximate surface area is 136 Å². The molecule has 1 aromatic carbocycles. The predicted octanol–water partition coefficient (Wildman–Crippen LogP) is -0.271. The van der Waals surface area contributed by atoms with Crippen LogP contribution in [0.5, 0.6) is 5.75 Å². The van der Waals surface area contributed by atoms with Gasteiger partial charge in [0.15, 0.2) is 5.82 Å². The summed E-state index contributed by atoms with van der Waals surface area (Å²) in [5.41, 5.74) is 5.99. The molecule has 2 rings (SSSR count). The van der Waals surface area contributed by atoms with Crippen molar-refractivity contribution in [3.63, 3.8) is 0 Å². The highest BCUT2D eigenvalue weighted by Gasteiger charge is 2.20. The molecule has 0 aliphatic rings. The molecule has 0 aliphatic heterocycles. The summed E-state index contributed by atoms with van der Waals surface area (Å²) < 4.78 is 4.84. The molecule has 10 heteroatoms. The van der Waals surface area contributed by atoms with Gasteiger partial charge in [-0.15, -0.1) is 0 Å². The van der Waals surface area contributed by atoms with Crippen molar-refractivity contribution in [2.75, 3.05) is 0 Å². The molecule has 1 heterocycles. The van der Waals surface area contributed by atoms with Crippen LogP contribution in [0.2, 0.25) is 0 Å². The van der Waals surface area contributed by atoms with Crippen LogP contribution in [0.15, 0.2) is 28.8 Å². The van der Waals surface area contributed by atoms with Gasteiger partial charge >= 0.3 is 12.0 Å². The van der Waals surface area contributed by atoms with Crippen molar-refractivity contribution in [3.05, 3.63) is 41.5 Å². The van der Waals surface area contributed by atoms with Crippen LogP contribution in [0.4, 0.5) is 4.79 Å². The van der Waals surface area contributed by atoms with Crippen LogP contribution in [0, 0.1) is 0 Å². The summed E-state index contributed by atoms with van der Waals surface area (Å²) in [6.45, 7) is 0.0633. The van der Waals surface area contributed by atoms with Crippen molar-refractivity contribution in [1.29, 1.82) is 0 Å². The van der Waals surface area contributed by atoms with Crippen LogP contribution in [0.3, 0.4) is 0 Å². The van der Waals surface area contributed by atoms with Gasteiger partial charge in [-0.05, 0) is 17.7 Å². The monoisotopic (exact) mass is 335 g/mol. The second-order valence-corrected chi connectivity index (χ2v) is 4.90.